The van der Waals surface area contributed by atoms with Gasteiger partial charge in [-0.3, -0.25) is 9.78 Å². The SMILES string of the molecule is CC(C)(C)OC(=O)N1CCC(NS(=O)c2ccc(NC(=O)c3cccnc3)c3ccccc23)CC1. The van der Waals surface area contributed by atoms with E-state index in [1.165, 1.54) is 6.20 Å². The van der Waals surface area contributed by atoms with Crippen molar-refractivity contribution >= 4 is 39.4 Å². The quantitative estimate of drug-likeness (QED) is 0.544. The fourth-order valence-corrected chi connectivity index (χ4v) is 5.19. The first-order chi connectivity index (χ1) is 16.7. The second-order valence-corrected chi connectivity index (χ2v) is 10.7. The summed E-state index contributed by atoms with van der Waals surface area (Å²) < 4.78 is 22.0. The van der Waals surface area contributed by atoms with Crippen LogP contribution in [-0.2, 0) is 15.7 Å². The molecule has 1 saturated heterocycles. The van der Waals surface area contributed by atoms with Crippen LogP contribution in [0.1, 0.15) is 44.0 Å². The first kappa shape index (κ1) is 24.8. The van der Waals surface area contributed by atoms with E-state index in [0.29, 0.717) is 42.1 Å². The largest absolute Gasteiger partial charge is 0.444 e. The van der Waals surface area contributed by atoms with Crippen LogP contribution in [0.3, 0.4) is 0 Å². The van der Waals surface area contributed by atoms with Gasteiger partial charge in [0.25, 0.3) is 5.91 Å². The van der Waals surface area contributed by atoms with Crippen molar-refractivity contribution in [3.63, 3.8) is 0 Å². The third-order valence-corrected chi connectivity index (χ3v) is 6.98. The lowest BCUT2D eigenvalue weighted by atomic mass is 10.1. The molecular weight excluding hydrogens is 464 g/mol. The predicted octanol–water partition coefficient (Wildman–Crippen LogP) is 4.50. The van der Waals surface area contributed by atoms with Crippen LogP contribution in [0.5, 0.6) is 0 Å². The van der Waals surface area contributed by atoms with E-state index in [1.54, 1.807) is 35.4 Å². The number of carbonyl (C=O) groups is 2. The zero-order valence-electron chi connectivity index (χ0n) is 20.1. The zero-order chi connectivity index (χ0) is 25.0. The van der Waals surface area contributed by atoms with Gasteiger partial charge in [0.05, 0.1) is 10.5 Å². The van der Waals surface area contributed by atoms with Crippen molar-refractivity contribution in [2.75, 3.05) is 18.4 Å². The molecular formula is C26H30N4O4S. The summed E-state index contributed by atoms with van der Waals surface area (Å²) in [5.41, 5.74) is 0.572. The van der Waals surface area contributed by atoms with Crippen LogP contribution >= 0.6 is 0 Å². The number of likely N-dealkylation sites (tertiary alicyclic amines) is 1. The second kappa shape index (κ2) is 10.5. The number of nitrogens with zero attached hydrogens (tertiary/aromatic N) is 2. The van der Waals surface area contributed by atoms with Gasteiger partial charge in [0.15, 0.2) is 0 Å². The highest BCUT2D eigenvalue weighted by atomic mass is 32.2. The summed E-state index contributed by atoms with van der Waals surface area (Å²) in [6.45, 7) is 6.64. The number of pyridine rings is 1. The van der Waals surface area contributed by atoms with Crippen molar-refractivity contribution < 1.29 is 18.5 Å². The monoisotopic (exact) mass is 494 g/mol. The molecule has 2 heterocycles. The molecule has 2 aromatic carbocycles. The molecule has 0 saturated carbocycles. The van der Waals surface area contributed by atoms with E-state index >= 15 is 0 Å². The summed E-state index contributed by atoms with van der Waals surface area (Å²) in [6, 6.07) is 14.5. The van der Waals surface area contributed by atoms with E-state index in [4.69, 9.17) is 4.74 Å². The number of rotatable bonds is 5. The van der Waals surface area contributed by atoms with Crippen LogP contribution in [0.25, 0.3) is 10.8 Å². The Bertz CT molecular complexity index is 1240. The van der Waals surface area contributed by atoms with Crippen molar-refractivity contribution in [3.8, 4) is 0 Å². The van der Waals surface area contributed by atoms with Crippen LogP contribution in [0, 0.1) is 0 Å². The molecule has 1 aromatic heterocycles. The number of piperidine rings is 1. The van der Waals surface area contributed by atoms with E-state index in [9.17, 15) is 13.8 Å². The summed E-state index contributed by atoms with van der Waals surface area (Å²) in [6.07, 6.45) is 4.18. The van der Waals surface area contributed by atoms with Gasteiger partial charge in [0.2, 0.25) is 0 Å². The number of hydrogen-bond acceptors (Lipinski definition) is 5. The maximum atomic E-state index is 13.3. The van der Waals surface area contributed by atoms with Crippen molar-refractivity contribution in [3.05, 3.63) is 66.5 Å². The Kier molecular flexibility index (Phi) is 7.47. The highest BCUT2D eigenvalue weighted by Gasteiger charge is 2.28. The summed E-state index contributed by atoms with van der Waals surface area (Å²) in [5.74, 6) is -0.257. The normalized spacial score (nSPS) is 15.6. The second-order valence-electron chi connectivity index (χ2n) is 9.48. The maximum Gasteiger partial charge on any atom is 0.410 e. The Hall–Kier alpha value is -3.30. The van der Waals surface area contributed by atoms with Gasteiger partial charge in [-0.2, -0.15) is 0 Å². The molecule has 0 spiro atoms. The first-order valence-electron chi connectivity index (χ1n) is 11.6. The molecule has 1 aliphatic heterocycles. The maximum absolute atomic E-state index is 13.3. The van der Waals surface area contributed by atoms with Gasteiger partial charge in [-0.05, 0) is 57.9 Å². The number of aromatic nitrogens is 1. The van der Waals surface area contributed by atoms with Crippen LogP contribution in [0.4, 0.5) is 10.5 Å². The topological polar surface area (TPSA) is 101 Å². The van der Waals surface area contributed by atoms with Gasteiger partial charge in [-0.15, -0.1) is 0 Å². The lowest BCUT2D eigenvalue weighted by Gasteiger charge is -2.33. The predicted molar refractivity (Wildman–Crippen MR) is 137 cm³/mol. The molecule has 1 atom stereocenters. The number of nitrogens with one attached hydrogen (secondary N) is 2. The highest BCUT2D eigenvalue weighted by molar-refractivity contribution is 7.83. The average Bonchev–Trinajstić information content (AvgIpc) is 2.84. The van der Waals surface area contributed by atoms with Crippen molar-refractivity contribution in [1.82, 2.24) is 14.6 Å². The standard InChI is InChI=1S/C26H30N4O4S/c1-26(2,3)34-25(32)30-15-12-19(13-16-30)29-35(33)23-11-10-22(20-8-4-5-9-21(20)23)28-24(31)18-7-6-14-27-17-18/h4-11,14,17,19,29H,12-13,15-16H2,1-3H3,(H,28,31). The van der Waals surface area contributed by atoms with Crippen molar-refractivity contribution in [1.29, 1.82) is 0 Å². The number of fused-ring (bicyclic) bond motifs is 1. The van der Waals surface area contributed by atoms with Crippen molar-refractivity contribution in [2.45, 2.75) is 50.2 Å². The Morgan fingerprint density at radius 1 is 1.03 bits per heavy atom. The molecule has 9 heteroatoms. The minimum absolute atomic E-state index is 0.0123. The highest BCUT2D eigenvalue weighted by Crippen LogP contribution is 2.29. The average molecular weight is 495 g/mol. The Morgan fingerprint density at radius 3 is 2.40 bits per heavy atom. The van der Waals surface area contributed by atoms with E-state index in [-0.39, 0.29) is 18.0 Å². The van der Waals surface area contributed by atoms with Gasteiger partial charge in [0, 0.05) is 48.0 Å². The molecule has 0 bridgehead atoms. The Morgan fingerprint density at radius 2 is 1.74 bits per heavy atom. The molecule has 0 aliphatic carbocycles. The van der Waals surface area contributed by atoms with E-state index in [1.807, 2.05) is 45.0 Å². The molecule has 4 rings (SSSR count). The summed E-state index contributed by atoms with van der Waals surface area (Å²) >= 11 is 0. The van der Waals surface area contributed by atoms with Crippen LogP contribution < -0.4 is 10.0 Å². The molecule has 0 radical (unpaired) electrons. The molecule has 1 aliphatic rings. The third kappa shape index (κ3) is 6.23. The van der Waals surface area contributed by atoms with E-state index in [0.717, 1.165) is 10.8 Å². The summed E-state index contributed by atoms with van der Waals surface area (Å²) in [5, 5.41) is 4.54. The van der Waals surface area contributed by atoms with Crippen LogP contribution in [-0.4, -0.2) is 50.8 Å². The molecule has 1 unspecified atom stereocenters. The molecule has 184 valence electrons. The molecule has 35 heavy (non-hydrogen) atoms. The Labute approximate surface area is 207 Å². The van der Waals surface area contributed by atoms with Crippen LogP contribution in [0.15, 0.2) is 65.8 Å². The number of ether oxygens (including phenoxy) is 1. The van der Waals surface area contributed by atoms with Crippen molar-refractivity contribution in [2.24, 2.45) is 0 Å². The lowest BCUT2D eigenvalue weighted by molar-refractivity contribution is 0.0204. The molecule has 8 nitrogen and oxygen atoms in total. The molecule has 2 amide bonds. The smallest absolute Gasteiger partial charge is 0.410 e. The van der Waals surface area contributed by atoms with Gasteiger partial charge in [-0.25, -0.2) is 13.7 Å². The summed E-state index contributed by atoms with van der Waals surface area (Å²) in [4.78, 5) is 31.3. The van der Waals surface area contributed by atoms with E-state index < -0.39 is 16.6 Å². The molecule has 1 fully saturated rings. The Balaban J connectivity index is 1.44. The van der Waals surface area contributed by atoms with Gasteiger partial charge < -0.3 is 15.0 Å². The van der Waals surface area contributed by atoms with E-state index in [2.05, 4.69) is 15.0 Å². The van der Waals surface area contributed by atoms with Gasteiger partial charge >= 0.3 is 6.09 Å². The zero-order valence-corrected chi connectivity index (χ0v) is 20.9. The third-order valence-electron chi connectivity index (χ3n) is 5.68. The molecule has 2 N–H and O–H groups in total. The minimum Gasteiger partial charge on any atom is -0.444 e. The number of anilines is 1. The number of benzene rings is 2. The lowest BCUT2D eigenvalue weighted by Crippen LogP contribution is -2.46. The number of hydrogen-bond donors (Lipinski definition) is 2. The summed E-state index contributed by atoms with van der Waals surface area (Å²) in [7, 11) is -1.46. The van der Waals surface area contributed by atoms with Gasteiger partial charge in [0.1, 0.15) is 16.6 Å². The minimum atomic E-state index is -1.46. The van der Waals surface area contributed by atoms with Crippen LogP contribution in [0.2, 0.25) is 0 Å². The first-order valence-corrected chi connectivity index (χ1v) is 12.8. The number of carbonyl (C=O) groups excluding carboxylic acids is 2. The van der Waals surface area contributed by atoms with Gasteiger partial charge in [-0.1, -0.05) is 24.3 Å². The fourth-order valence-electron chi connectivity index (χ4n) is 3.95. The fraction of sp³-hybridized carbons (Fsp3) is 0.346. The molecule has 3 aromatic rings. The number of amides is 2.